The molecule has 1 aliphatic heterocycles. The topological polar surface area (TPSA) is 80.9 Å². The molecule has 0 N–H and O–H groups in total. The van der Waals surface area contributed by atoms with Crippen LogP contribution in [-0.4, -0.2) is 61.3 Å². The van der Waals surface area contributed by atoms with E-state index in [9.17, 15) is 4.79 Å². The quantitative estimate of drug-likeness (QED) is 0.679. The Kier molecular flexibility index (Phi) is 4.61. The van der Waals surface area contributed by atoms with Crippen molar-refractivity contribution in [1.82, 2.24) is 15.0 Å². The molecule has 0 radical (unpaired) electrons. The van der Waals surface area contributed by atoms with Gasteiger partial charge in [0.2, 0.25) is 0 Å². The fourth-order valence-corrected chi connectivity index (χ4v) is 4.27. The molecule has 0 atom stereocenters. The number of benzene rings is 1. The number of thiazole rings is 1. The van der Waals surface area contributed by atoms with E-state index in [2.05, 4.69) is 10.1 Å². The fraction of sp³-hybridized carbons (Fsp3) is 0.389. The third-order valence-corrected chi connectivity index (χ3v) is 5.71. The van der Waals surface area contributed by atoms with Crippen LogP contribution in [-0.2, 0) is 0 Å². The highest BCUT2D eigenvalue weighted by Gasteiger charge is 2.26. The molecule has 0 spiro atoms. The van der Waals surface area contributed by atoms with Crippen molar-refractivity contribution in [3.8, 4) is 11.5 Å². The lowest BCUT2D eigenvalue weighted by atomic mass is 10.2. The molecule has 1 aliphatic rings. The summed E-state index contributed by atoms with van der Waals surface area (Å²) in [6, 6.07) is 5.42. The molecule has 0 saturated carbocycles. The number of amides is 1. The van der Waals surface area contributed by atoms with Crippen molar-refractivity contribution in [2.45, 2.75) is 6.92 Å². The molecule has 4 rings (SSSR count). The van der Waals surface area contributed by atoms with Crippen LogP contribution in [0.2, 0.25) is 0 Å². The van der Waals surface area contributed by atoms with Crippen LogP contribution in [0.5, 0.6) is 11.5 Å². The van der Waals surface area contributed by atoms with Gasteiger partial charge in [-0.1, -0.05) is 16.5 Å². The van der Waals surface area contributed by atoms with Crippen molar-refractivity contribution in [1.29, 1.82) is 0 Å². The van der Waals surface area contributed by atoms with E-state index in [-0.39, 0.29) is 5.91 Å². The summed E-state index contributed by atoms with van der Waals surface area (Å²) in [5.74, 6) is 2.04. The maximum atomic E-state index is 12.5. The van der Waals surface area contributed by atoms with Gasteiger partial charge in [-0.05, 0) is 19.1 Å². The maximum absolute atomic E-state index is 12.5. The largest absolute Gasteiger partial charge is 0.495 e. The molecule has 0 bridgehead atoms. The Hall–Kier alpha value is -2.81. The van der Waals surface area contributed by atoms with Gasteiger partial charge in [-0.25, -0.2) is 4.98 Å². The third-order valence-electron chi connectivity index (χ3n) is 4.58. The summed E-state index contributed by atoms with van der Waals surface area (Å²) in [7, 11) is 3.28. The lowest BCUT2D eigenvalue weighted by Crippen LogP contribution is -2.48. The molecule has 27 heavy (non-hydrogen) atoms. The van der Waals surface area contributed by atoms with Crippen LogP contribution in [0.15, 0.2) is 22.7 Å². The van der Waals surface area contributed by atoms with E-state index in [1.807, 2.05) is 12.1 Å². The van der Waals surface area contributed by atoms with Crippen LogP contribution in [0.25, 0.3) is 10.2 Å². The van der Waals surface area contributed by atoms with Crippen molar-refractivity contribution in [3.05, 3.63) is 29.7 Å². The number of hydrogen-bond donors (Lipinski definition) is 0. The van der Waals surface area contributed by atoms with Crippen LogP contribution in [0, 0.1) is 6.92 Å². The Morgan fingerprint density at radius 3 is 2.48 bits per heavy atom. The molecule has 2 aromatic heterocycles. The summed E-state index contributed by atoms with van der Waals surface area (Å²) in [5.41, 5.74) is 1.16. The Morgan fingerprint density at radius 1 is 1.15 bits per heavy atom. The Bertz CT molecular complexity index is 934. The van der Waals surface area contributed by atoms with Crippen molar-refractivity contribution in [2.75, 3.05) is 45.3 Å². The molecule has 3 heterocycles. The zero-order chi connectivity index (χ0) is 19.0. The van der Waals surface area contributed by atoms with Crippen molar-refractivity contribution in [2.24, 2.45) is 0 Å². The summed E-state index contributed by atoms with van der Waals surface area (Å²) in [6.07, 6.45) is 0. The zero-order valence-corrected chi connectivity index (χ0v) is 16.2. The van der Waals surface area contributed by atoms with Gasteiger partial charge in [0.25, 0.3) is 5.91 Å². The molecule has 0 unspecified atom stereocenters. The average Bonchev–Trinajstić information content (AvgIpc) is 3.33. The van der Waals surface area contributed by atoms with E-state index in [0.717, 1.165) is 26.8 Å². The predicted octanol–water partition coefficient (Wildman–Crippen LogP) is 2.57. The number of methoxy groups -OCH3 is 2. The molecular weight excluding hydrogens is 368 g/mol. The first kappa shape index (κ1) is 17.6. The van der Waals surface area contributed by atoms with Crippen LogP contribution >= 0.6 is 11.3 Å². The van der Waals surface area contributed by atoms with Gasteiger partial charge in [0, 0.05) is 32.2 Å². The summed E-state index contributed by atoms with van der Waals surface area (Å²) in [4.78, 5) is 21.2. The van der Waals surface area contributed by atoms with Crippen molar-refractivity contribution in [3.63, 3.8) is 0 Å². The Morgan fingerprint density at radius 2 is 1.85 bits per heavy atom. The highest BCUT2D eigenvalue weighted by Crippen LogP contribution is 2.40. The molecule has 1 aromatic carbocycles. The molecular formula is C18H20N4O4S. The first-order chi connectivity index (χ1) is 13.1. The number of anilines is 1. The number of rotatable bonds is 4. The summed E-state index contributed by atoms with van der Waals surface area (Å²) < 4.78 is 16.8. The Labute approximate surface area is 160 Å². The lowest BCUT2D eigenvalue weighted by molar-refractivity contribution is 0.0736. The van der Waals surface area contributed by atoms with Gasteiger partial charge in [0.15, 0.2) is 10.8 Å². The van der Waals surface area contributed by atoms with Crippen LogP contribution in [0.3, 0.4) is 0 Å². The van der Waals surface area contributed by atoms with Gasteiger partial charge in [0.1, 0.15) is 27.5 Å². The van der Waals surface area contributed by atoms with Gasteiger partial charge < -0.3 is 23.8 Å². The van der Waals surface area contributed by atoms with Gasteiger partial charge in [0.05, 0.1) is 14.2 Å². The number of nitrogens with zero attached hydrogens (tertiary/aromatic N) is 4. The van der Waals surface area contributed by atoms with E-state index >= 15 is 0 Å². The SMILES string of the molecule is COc1ccc(OC)c2sc(N3CCN(C(=O)c4cc(C)on4)CC3)nc12. The highest BCUT2D eigenvalue weighted by molar-refractivity contribution is 7.22. The molecule has 1 fully saturated rings. The van der Waals surface area contributed by atoms with Gasteiger partial charge in [-0.3, -0.25) is 4.79 Å². The van der Waals surface area contributed by atoms with E-state index < -0.39 is 0 Å². The highest BCUT2D eigenvalue weighted by atomic mass is 32.1. The minimum absolute atomic E-state index is 0.0980. The number of fused-ring (bicyclic) bond motifs is 1. The minimum atomic E-state index is -0.0980. The number of carbonyl (C=O) groups excluding carboxylic acids is 1. The summed E-state index contributed by atoms with van der Waals surface area (Å²) in [5, 5.41) is 4.72. The number of ether oxygens (including phenoxy) is 2. The van der Waals surface area contributed by atoms with Crippen molar-refractivity contribution < 1.29 is 18.8 Å². The van der Waals surface area contributed by atoms with E-state index in [1.54, 1.807) is 43.4 Å². The normalized spacial score (nSPS) is 14.6. The molecule has 8 nitrogen and oxygen atoms in total. The average molecular weight is 388 g/mol. The second-order valence-electron chi connectivity index (χ2n) is 6.25. The Balaban J connectivity index is 1.52. The van der Waals surface area contributed by atoms with E-state index in [4.69, 9.17) is 19.0 Å². The molecule has 142 valence electrons. The smallest absolute Gasteiger partial charge is 0.276 e. The molecule has 1 amide bonds. The second-order valence-corrected chi connectivity index (χ2v) is 7.22. The van der Waals surface area contributed by atoms with Gasteiger partial charge in [-0.2, -0.15) is 0 Å². The molecule has 0 aliphatic carbocycles. The second kappa shape index (κ2) is 7.07. The zero-order valence-electron chi connectivity index (χ0n) is 15.4. The van der Waals surface area contributed by atoms with E-state index in [1.165, 1.54) is 0 Å². The van der Waals surface area contributed by atoms with Crippen LogP contribution < -0.4 is 14.4 Å². The molecule has 3 aromatic rings. The van der Waals surface area contributed by atoms with Crippen molar-refractivity contribution >= 4 is 32.6 Å². The van der Waals surface area contributed by atoms with Crippen LogP contribution in [0.4, 0.5) is 5.13 Å². The van der Waals surface area contributed by atoms with E-state index in [0.29, 0.717) is 37.6 Å². The number of aryl methyl sites for hydroxylation is 1. The molecule has 9 heteroatoms. The molecule has 1 saturated heterocycles. The summed E-state index contributed by atoms with van der Waals surface area (Å²) in [6.45, 7) is 4.39. The minimum Gasteiger partial charge on any atom is -0.495 e. The maximum Gasteiger partial charge on any atom is 0.276 e. The monoisotopic (exact) mass is 388 g/mol. The van der Waals surface area contributed by atoms with Crippen LogP contribution in [0.1, 0.15) is 16.2 Å². The number of piperazine rings is 1. The predicted molar refractivity (Wildman–Crippen MR) is 102 cm³/mol. The lowest BCUT2D eigenvalue weighted by Gasteiger charge is -2.34. The number of hydrogen-bond acceptors (Lipinski definition) is 8. The van der Waals surface area contributed by atoms with Gasteiger partial charge in [-0.15, -0.1) is 0 Å². The van der Waals surface area contributed by atoms with Gasteiger partial charge >= 0.3 is 0 Å². The number of carbonyl (C=O) groups is 1. The standard InChI is InChI=1S/C18H20N4O4S/c1-11-10-12(20-26-11)17(23)21-6-8-22(9-7-21)18-19-15-13(24-2)4-5-14(25-3)16(15)27-18/h4-5,10H,6-9H2,1-3H3. The first-order valence-electron chi connectivity index (χ1n) is 8.59. The summed E-state index contributed by atoms with van der Waals surface area (Å²) >= 11 is 1.57. The first-order valence-corrected chi connectivity index (χ1v) is 9.41. The fourth-order valence-electron chi connectivity index (χ4n) is 3.14. The third kappa shape index (κ3) is 3.18. The number of aromatic nitrogens is 2.